The van der Waals surface area contributed by atoms with Gasteiger partial charge in [0.1, 0.15) is 10.0 Å². The third kappa shape index (κ3) is 2.01. The van der Waals surface area contributed by atoms with E-state index in [1.165, 1.54) is 0 Å². The molecule has 14 heavy (non-hydrogen) atoms. The van der Waals surface area contributed by atoms with E-state index in [-0.39, 0.29) is 0 Å². The van der Waals surface area contributed by atoms with Gasteiger partial charge in [0, 0.05) is 12.5 Å². The molecule has 0 amide bonds. The third-order valence-corrected chi connectivity index (χ3v) is 3.06. The van der Waals surface area contributed by atoms with E-state index >= 15 is 0 Å². The van der Waals surface area contributed by atoms with Gasteiger partial charge < -0.3 is 9.47 Å². The highest BCUT2D eigenvalue weighted by molar-refractivity contribution is 8.08. The van der Waals surface area contributed by atoms with Crippen LogP contribution in [0.2, 0.25) is 0 Å². The molecule has 1 heterocycles. The third-order valence-electron chi connectivity index (χ3n) is 1.90. The Morgan fingerprint density at radius 2 is 1.93 bits per heavy atom. The van der Waals surface area contributed by atoms with Gasteiger partial charge in [0.15, 0.2) is 11.5 Å². The second kappa shape index (κ2) is 4.19. The molecule has 1 aliphatic rings. The average molecular weight is 233 g/mol. The van der Waals surface area contributed by atoms with Gasteiger partial charge in [0.05, 0.1) is 18.1 Å². The summed E-state index contributed by atoms with van der Waals surface area (Å²) in [5.41, 5.74) is 0. The van der Waals surface area contributed by atoms with Crippen molar-refractivity contribution in [2.75, 3.05) is 13.2 Å². The van der Waals surface area contributed by atoms with Gasteiger partial charge >= 0.3 is 0 Å². The van der Waals surface area contributed by atoms with Crippen LogP contribution in [0.15, 0.2) is 23.1 Å². The summed E-state index contributed by atoms with van der Waals surface area (Å²) in [5.74, 6) is 1.31. The minimum Gasteiger partial charge on any atom is -0.490 e. The molecule has 3 nitrogen and oxygen atoms in total. The Balaban J connectivity index is 2.37. The zero-order valence-corrected chi connectivity index (χ0v) is 8.94. The average Bonchev–Trinajstić information content (AvgIpc) is 2.41. The number of halogens is 1. The molecule has 0 bridgehead atoms. The molecule has 1 aliphatic heterocycles. The normalized spacial score (nSPS) is 17.2. The molecule has 1 aromatic carbocycles. The second-order valence-electron chi connectivity index (χ2n) is 2.88. The first-order valence-corrected chi connectivity index (χ1v) is 6.22. The number of fused-ring (bicyclic) bond motifs is 1. The highest BCUT2D eigenvalue weighted by Crippen LogP contribution is 2.31. The maximum Gasteiger partial charge on any atom is 0.162 e. The molecule has 2 rings (SSSR count). The summed E-state index contributed by atoms with van der Waals surface area (Å²) >= 11 is 0. The largest absolute Gasteiger partial charge is 0.490 e. The minimum absolute atomic E-state index is 0.538. The number of ether oxygens (including phenoxy) is 2. The Bertz CT molecular complexity index is 367. The lowest BCUT2D eigenvalue weighted by atomic mass is 10.3. The lowest BCUT2D eigenvalue weighted by Gasteiger charge is -2.07. The van der Waals surface area contributed by atoms with Crippen molar-refractivity contribution >= 4 is 20.7 Å². The molecule has 0 saturated heterocycles. The molecule has 0 radical (unpaired) electrons. The number of hydrogen-bond acceptors (Lipinski definition) is 3. The van der Waals surface area contributed by atoms with Gasteiger partial charge in [0.25, 0.3) is 0 Å². The van der Waals surface area contributed by atoms with Crippen LogP contribution >= 0.6 is 10.7 Å². The number of hydrogen-bond donors (Lipinski definition) is 0. The zero-order chi connectivity index (χ0) is 9.97. The molecule has 5 heteroatoms. The Hall–Kier alpha value is -0.740. The van der Waals surface area contributed by atoms with E-state index in [1.807, 2.05) is 0 Å². The number of rotatable bonds is 1. The smallest absolute Gasteiger partial charge is 0.162 e. The van der Waals surface area contributed by atoms with E-state index in [0.29, 0.717) is 29.6 Å². The van der Waals surface area contributed by atoms with Gasteiger partial charge in [-0.15, -0.1) is 0 Å². The lowest BCUT2D eigenvalue weighted by Crippen LogP contribution is -1.97. The van der Waals surface area contributed by atoms with Crippen molar-refractivity contribution in [1.29, 1.82) is 0 Å². The molecule has 0 N–H and O–H groups in total. The minimum atomic E-state index is -1.50. The highest BCUT2D eigenvalue weighted by Gasteiger charge is 2.12. The molecular weight excluding hydrogens is 224 g/mol. The Labute approximate surface area is 88.9 Å². The highest BCUT2D eigenvalue weighted by atomic mass is 35.7. The Morgan fingerprint density at radius 3 is 2.64 bits per heavy atom. The maximum absolute atomic E-state index is 11.0. The molecule has 1 aromatic rings. The molecule has 0 spiro atoms. The predicted octanol–water partition coefficient (Wildman–Crippen LogP) is 2.11. The summed E-state index contributed by atoms with van der Waals surface area (Å²) in [4.78, 5) is 0.538. The second-order valence-corrected chi connectivity index (χ2v) is 4.64. The van der Waals surface area contributed by atoms with E-state index in [4.69, 9.17) is 20.2 Å². The van der Waals surface area contributed by atoms with Crippen LogP contribution in [-0.4, -0.2) is 17.4 Å². The van der Waals surface area contributed by atoms with Crippen LogP contribution in [0.1, 0.15) is 6.42 Å². The summed E-state index contributed by atoms with van der Waals surface area (Å²) in [6.07, 6.45) is 0.855. The summed E-state index contributed by atoms with van der Waals surface area (Å²) in [5, 5.41) is 0. The SMILES string of the molecule is O=S(Cl)c1ccc2c(c1)OCCCO2. The number of benzene rings is 1. The van der Waals surface area contributed by atoms with Crippen molar-refractivity contribution in [3.8, 4) is 11.5 Å². The van der Waals surface area contributed by atoms with Crippen molar-refractivity contribution in [2.45, 2.75) is 11.3 Å². The summed E-state index contributed by atoms with van der Waals surface area (Å²) in [6.45, 7) is 1.27. The first-order valence-electron chi connectivity index (χ1n) is 4.25. The topological polar surface area (TPSA) is 35.5 Å². The maximum atomic E-state index is 11.0. The van der Waals surface area contributed by atoms with E-state index in [9.17, 15) is 4.21 Å². The van der Waals surface area contributed by atoms with Gasteiger partial charge in [-0.05, 0) is 22.8 Å². The first-order chi connectivity index (χ1) is 6.77. The molecule has 1 unspecified atom stereocenters. The van der Waals surface area contributed by atoms with Crippen LogP contribution in [0.25, 0.3) is 0 Å². The van der Waals surface area contributed by atoms with Crippen LogP contribution in [0.5, 0.6) is 11.5 Å². The van der Waals surface area contributed by atoms with Crippen molar-refractivity contribution in [3.05, 3.63) is 18.2 Å². The fraction of sp³-hybridized carbons (Fsp3) is 0.333. The van der Waals surface area contributed by atoms with E-state index in [2.05, 4.69) is 0 Å². The molecule has 0 aromatic heterocycles. The zero-order valence-electron chi connectivity index (χ0n) is 7.36. The summed E-state index contributed by atoms with van der Waals surface area (Å²) in [7, 11) is 3.97. The van der Waals surface area contributed by atoms with Gasteiger partial charge in [-0.3, -0.25) is 0 Å². The van der Waals surface area contributed by atoms with E-state index < -0.39 is 10.0 Å². The van der Waals surface area contributed by atoms with Crippen molar-refractivity contribution in [2.24, 2.45) is 0 Å². The fourth-order valence-electron chi connectivity index (χ4n) is 1.24. The van der Waals surface area contributed by atoms with Crippen molar-refractivity contribution < 1.29 is 13.7 Å². The first kappa shape index (κ1) is 9.80. The van der Waals surface area contributed by atoms with Gasteiger partial charge in [-0.2, -0.15) is 0 Å². The Morgan fingerprint density at radius 1 is 1.21 bits per heavy atom. The van der Waals surface area contributed by atoms with Crippen LogP contribution in [0.3, 0.4) is 0 Å². The molecule has 0 aliphatic carbocycles. The standard InChI is InChI=1S/C9H9ClO3S/c10-14(11)7-2-3-8-9(6-7)13-5-1-4-12-8/h2-3,6H,1,4-5H2. The predicted molar refractivity (Wildman–Crippen MR) is 54.3 cm³/mol. The summed E-state index contributed by atoms with van der Waals surface area (Å²) < 4.78 is 21.8. The van der Waals surface area contributed by atoms with Gasteiger partial charge in [-0.1, -0.05) is 0 Å². The monoisotopic (exact) mass is 232 g/mol. The van der Waals surface area contributed by atoms with E-state index in [1.54, 1.807) is 18.2 Å². The van der Waals surface area contributed by atoms with Crippen LogP contribution in [0.4, 0.5) is 0 Å². The Kier molecular flexibility index (Phi) is 2.93. The molecule has 76 valence electrons. The van der Waals surface area contributed by atoms with Crippen LogP contribution in [-0.2, 0) is 10.0 Å². The van der Waals surface area contributed by atoms with Crippen molar-refractivity contribution in [3.63, 3.8) is 0 Å². The van der Waals surface area contributed by atoms with Crippen LogP contribution < -0.4 is 9.47 Å². The quantitative estimate of drug-likeness (QED) is 0.696. The summed E-state index contributed by atoms with van der Waals surface area (Å²) in [6, 6.07) is 5.07. The molecule has 0 fully saturated rings. The fourth-order valence-corrected chi connectivity index (χ4v) is 1.91. The van der Waals surface area contributed by atoms with Crippen LogP contribution in [0, 0.1) is 0 Å². The van der Waals surface area contributed by atoms with Gasteiger partial charge in [0.2, 0.25) is 0 Å². The lowest BCUT2D eigenvalue weighted by molar-refractivity contribution is 0.297. The van der Waals surface area contributed by atoms with E-state index in [0.717, 1.165) is 6.42 Å². The molecular formula is C9H9ClO3S. The molecule has 1 atom stereocenters. The molecule has 0 saturated carbocycles. The van der Waals surface area contributed by atoms with Crippen molar-refractivity contribution in [1.82, 2.24) is 0 Å². The van der Waals surface area contributed by atoms with Gasteiger partial charge in [-0.25, -0.2) is 4.21 Å².